The van der Waals surface area contributed by atoms with Crippen LogP contribution in [0.15, 0.2) is 0 Å². The minimum absolute atomic E-state index is 0.329. The molecule has 0 aliphatic heterocycles. The summed E-state index contributed by atoms with van der Waals surface area (Å²) in [6.07, 6.45) is 0. The molecule has 0 unspecified atom stereocenters. The average Bonchev–Trinajstić information content (AvgIpc) is 1.35. The molecule has 0 saturated heterocycles. The van der Waals surface area contributed by atoms with Gasteiger partial charge >= 0.3 is 0 Å². The predicted molar refractivity (Wildman–Crippen MR) is 36.6 cm³/mol. The van der Waals surface area contributed by atoms with Gasteiger partial charge in [-0.25, -0.2) is 0 Å². The monoisotopic (exact) mass is 119 g/mol. The summed E-state index contributed by atoms with van der Waals surface area (Å²) in [4.78, 5) is 0. The molecule has 0 N–H and O–H groups in total. The molecule has 0 aliphatic rings. The summed E-state index contributed by atoms with van der Waals surface area (Å²) >= 11 is 0. The molecule has 38 valence electrons. The van der Waals surface area contributed by atoms with Crippen molar-refractivity contribution < 1.29 is 0 Å². The number of nitrogens with zero attached hydrogens (tertiary/aromatic N) is 1. The van der Waals surface area contributed by atoms with Crippen molar-refractivity contribution >= 4 is 18.2 Å². The van der Waals surface area contributed by atoms with Crippen LogP contribution in [0.1, 0.15) is 0 Å². The summed E-state index contributed by atoms with van der Waals surface area (Å²) < 4.78 is 2.38. The van der Waals surface area contributed by atoms with Crippen LogP contribution in [0.4, 0.5) is 0 Å². The van der Waals surface area contributed by atoms with Gasteiger partial charge in [0, 0.05) is 9.04 Å². The van der Waals surface area contributed by atoms with Crippen molar-refractivity contribution in [2.24, 2.45) is 0 Å². The predicted octanol–water partition coefficient (Wildman–Crippen LogP) is -1.24. The summed E-state index contributed by atoms with van der Waals surface area (Å²) in [6.45, 7) is 2.38. The van der Waals surface area contributed by atoms with E-state index < -0.39 is 0 Å². The van der Waals surface area contributed by atoms with Crippen LogP contribution in [0.2, 0.25) is 6.55 Å². The van der Waals surface area contributed by atoms with Crippen LogP contribution in [0, 0.1) is 0 Å². The van der Waals surface area contributed by atoms with Gasteiger partial charge in [0.15, 0.2) is 0 Å². The quantitative estimate of drug-likeness (QED) is 0.411. The zero-order chi connectivity index (χ0) is 4.99. The van der Waals surface area contributed by atoms with Crippen LogP contribution in [0.25, 0.3) is 0 Å². The lowest BCUT2D eigenvalue weighted by Gasteiger charge is -2.02. The second-order valence-corrected chi connectivity index (χ2v) is 8.86. The van der Waals surface area contributed by atoms with Crippen molar-refractivity contribution in [3.8, 4) is 0 Å². The third-order valence-corrected chi connectivity index (χ3v) is 6.04. The molecular formula is C3H13NSi2. The van der Waals surface area contributed by atoms with E-state index >= 15 is 0 Å². The Bertz CT molecular complexity index is 30.0. The summed E-state index contributed by atoms with van der Waals surface area (Å²) in [5, 5.41) is 0. The summed E-state index contributed by atoms with van der Waals surface area (Å²) in [5.74, 6) is 0. The van der Waals surface area contributed by atoms with Crippen LogP contribution in [0.5, 0.6) is 0 Å². The van der Waals surface area contributed by atoms with Gasteiger partial charge in [-0.15, -0.1) is 0 Å². The van der Waals surface area contributed by atoms with Gasteiger partial charge in [-0.2, -0.15) is 0 Å². The van der Waals surface area contributed by atoms with E-state index in [2.05, 4.69) is 25.2 Å². The highest BCUT2D eigenvalue weighted by Crippen LogP contribution is 1.61. The zero-order valence-corrected chi connectivity index (χ0v) is 7.69. The molecule has 0 spiro atoms. The molecule has 0 atom stereocenters. The Hall–Kier alpha value is 0.394. The largest absolute Gasteiger partial charge is 0.337 e. The van der Waals surface area contributed by atoms with Gasteiger partial charge in [-0.3, -0.25) is 0 Å². The van der Waals surface area contributed by atoms with Crippen molar-refractivity contribution in [1.29, 1.82) is 0 Å². The lowest BCUT2D eigenvalue weighted by atomic mass is 11.3. The van der Waals surface area contributed by atoms with Gasteiger partial charge in [-0.1, -0.05) is 6.55 Å². The molecule has 3 heteroatoms. The van der Waals surface area contributed by atoms with Gasteiger partial charge in [0.1, 0.15) is 0 Å². The summed E-state index contributed by atoms with van der Waals surface area (Å²) in [7, 11) is 5.13. The lowest BCUT2D eigenvalue weighted by molar-refractivity contribution is 0.673. The first-order valence-electron chi connectivity index (χ1n) is 2.42. The maximum atomic E-state index is 2.38. The first kappa shape index (κ1) is 6.39. The maximum Gasteiger partial charge on any atom is 0.0785 e. The number of rotatable bonds is 2. The van der Waals surface area contributed by atoms with E-state index in [0.29, 0.717) is 18.2 Å². The first-order chi connectivity index (χ1) is 2.77. The SMILES string of the molecule is C[SiH2][SiH2]N(C)C. The van der Waals surface area contributed by atoms with Crippen LogP contribution < -0.4 is 0 Å². The van der Waals surface area contributed by atoms with Gasteiger partial charge < -0.3 is 4.57 Å². The Balaban J connectivity index is 2.63. The highest BCUT2D eigenvalue weighted by atomic mass is 29.1. The average molecular weight is 119 g/mol. The molecule has 0 aromatic rings. The smallest absolute Gasteiger partial charge is 0.0785 e. The van der Waals surface area contributed by atoms with Crippen molar-refractivity contribution in [3.63, 3.8) is 0 Å². The van der Waals surface area contributed by atoms with Crippen LogP contribution in [-0.2, 0) is 0 Å². The Morgan fingerprint density at radius 2 is 1.83 bits per heavy atom. The van der Waals surface area contributed by atoms with E-state index in [1.54, 1.807) is 0 Å². The number of hydrogen-bond donors (Lipinski definition) is 0. The first-order valence-corrected chi connectivity index (χ1v) is 8.46. The fraction of sp³-hybridized carbons (Fsp3) is 1.00. The molecular weight excluding hydrogens is 106 g/mol. The van der Waals surface area contributed by atoms with Crippen molar-refractivity contribution in [3.05, 3.63) is 0 Å². The molecule has 6 heavy (non-hydrogen) atoms. The van der Waals surface area contributed by atoms with E-state index in [1.807, 2.05) is 0 Å². The van der Waals surface area contributed by atoms with Crippen LogP contribution >= 0.6 is 0 Å². The molecule has 0 radical (unpaired) electrons. The minimum atomic E-state index is 0.329. The molecule has 0 amide bonds. The molecule has 0 fully saturated rings. The second-order valence-electron chi connectivity index (χ2n) is 1.80. The lowest BCUT2D eigenvalue weighted by Crippen LogP contribution is -2.21. The fourth-order valence-corrected chi connectivity index (χ4v) is 4.02. The van der Waals surface area contributed by atoms with E-state index in [4.69, 9.17) is 0 Å². The summed E-state index contributed by atoms with van der Waals surface area (Å²) in [5.41, 5.74) is 0. The Labute approximate surface area is 44.2 Å². The third-order valence-electron chi connectivity index (χ3n) is 0.671. The number of hydrogen-bond acceptors (Lipinski definition) is 1. The van der Waals surface area contributed by atoms with Crippen molar-refractivity contribution in [2.75, 3.05) is 14.1 Å². The molecule has 0 rings (SSSR count). The van der Waals surface area contributed by atoms with E-state index in [1.165, 1.54) is 0 Å². The fourth-order valence-electron chi connectivity index (χ4n) is 0.447. The highest BCUT2D eigenvalue weighted by Gasteiger charge is 1.82. The molecule has 0 aromatic heterocycles. The molecule has 0 heterocycles. The van der Waals surface area contributed by atoms with Gasteiger partial charge in [0.05, 0.1) is 9.20 Å². The van der Waals surface area contributed by atoms with Gasteiger partial charge in [0.25, 0.3) is 0 Å². The van der Waals surface area contributed by atoms with Gasteiger partial charge in [-0.05, 0) is 14.1 Å². The Morgan fingerprint density at radius 3 is 1.83 bits per heavy atom. The third kappa shape index (κ3) is 4.39. The topological polar surface area (TPSA) is 3.24 Å². The Kier molecular flexibility index (Phi) is 3.81. The zero-order valence-electron chi connectivity index (χ0n) is 4.86. The molecule has 0 aromatic carbocycles. The standard InChI is InChI=1S/C3H13NSi2/c1-4(2)6-5-3/h5-6H2,1-3H3. The van der Waals surface area contributed by atoms with Crippen LogP contribution in [-0.4, -0.2) is 36.9 Å². The molecule has 0 saturated carbocycles. The van der Waals surface area contributed by atoms with Crippen LogP contribution in [0.3, 0.4) is 0 Å². The van der Waals surface area contributed by atoms with E-state index in [-0.39, 0.29) is 0 Å². The van der Waals surface area contributed by atoms with Crippen molar-refractivity contribution in [1.82, 2.24) is 4.57 Å². The molecule has 1 nitrogen and oxygen atoms in total. The maximum absolute atomic E-state index is 2.38. The van der Waals surface area contributed by atoms with Crippen molar-refractivity contribution in [2.45, 2.75) is 6.55 Å². The highest BCUT2D eigenvalue weighted by molar-refractivity contribution is 6.98. The molecule has 0 aliphatic carbocycles. The van der Waals surface area contributed by atoms with Gasteiger partial charge in [0.2, 0.25) is 0 Å². The van der Waals surface area contributed by atoms with E-state index in [0.717, 1.165) is 0 Å². The van der Waals surface area contributed by atoms with E-state index in [9.17, 15) is 0 Å². The normalized spacial score (nSPS) is 14.0. The molecule has 0 bridgehead atoms. The summed E-state index contributed by atoms with van der Waals surface area (Å²) in [6, 6.07) is 0. The Morgan fingerprint density at radius 1 is 1.33 bits per heavy atom. The minimum Gasteiger partial charge on any atom is -0.337 e. The second kappa shape index (κ2) is 3.58.